The predicted molar refractivity (Wildman–Crippen MR) is 57.1 cm³/mol. The summed E-state index contributed by atoms with van der Waals surface area (Å²) in [4.78, 5) is 21.8. The van der Waals surface area contributed by atoms with Crippen molar-refractivity contribution in [2.75, 3.05) is 12.0 Å². The van der Waals surface area contributed by atoms with Gasteiger partial charge in [-0.2, -0.15) is 11.8 Å². The highest BCUT2D eigenvalue weighted by molar-refractivity contribution is 7.98. The topological polar surface area (TPSA) is 72.8 Å². The van der Waals surface area contributed by atoms with Crippen molar-refractivity contribution in [2.45, 2.75) is 32.5 Å². The van der Waals surface area contributed by atoms with Crippen molar-refractivity contribution in [3.8, 4) is 0 Å². The third kappa shape index (κ3) is 7.07. The summed E-state index contributed by atoms with van der Waals surface area (Å²) in [6.07, 6.45) is -0.382. The van der Waals surface area contributed by atoms with Gasteiger partial charge in [0.15, 0.2) is 0 Å². The summed E-state index contributed by atoms with van der Waals surface area (Å²) in [6, 6.07) is 0. The number of thioether (sulfide) groups is 1. The van der Waals surface area contributed by atoms with E-state index in [-0.39, 0.29) is 5.75 Å². The van der Waals surface area contributed by atoms with Gasteiger partial charge in [0, 0.05) is 5.75 Å². The lowest BCUT2D eigenvalue weighted by Crippen LogP contribution is -2.33. The van der Waals surface area contributed by atoms with Crippen LogP contribution in [0.3, 0.4) is 0 Å². The first kappa shape index (κ1) is 14.1. The Hall–Kier alpha value is -0.910. The minimum Gasteiger partial charge on any atom is -0.478 e. The largest absolute Gasteiger partial charge is 0.509 e. The average Bonchev–Trinajstić information content (AvgIpc) is 1.99. The van der Waals surface area contributed by atoms with Gasteiger partial charge in [0.25, 0.3) is 0 Å². The first-order valence-electron chi connectivity index (χ1n) is 4.37. The van der Waals surface area contributed by atoms with Gasteiger partial charge in [0.1, 0.15) is 5.60 Å². The molecule has 0 aliphatic heterocycles. The molecule has 0 aromatic heterocycles. The predicted octanol–water partition coefficient (Wildman–Crippen LogP) is 1.75. The van der Waals surface area contributed by atoms with Gasteiger partial charge in [-0.3, -0.25) is 0 Å². The molecular formula is C9H16O5S. The van der Waals surface area contributed by atoms with Crippen molar-refractivity contribution in [1.82, 2.24) is 0 Å². The van der Waals surface area contributed by atoms with Gasteiger partial charge in [-0.1, -0.05) is 0 Å². The number of rotatable bonds is 4. The van der Waals surface area contributed by atoms with E-state index < -0.39 is 23.8 Å². The summed E-state index contributed by atoms with van der Waals surface area (Å²) >= 11 is 1.28. The Kier molecular flexibility index (Phi) is 5.49. The van der Waals surface area contributed by atoms with Crippen molar-refractivity contribution in [2.24, 2.45) is 0 Å². The highest BCUT2D eigenvalue weighted by atomic mass is 32.2. The molecule has 0 aliphatic rings. The maximum absolute atomic E-state index is 11.1. The zero-order valence-corrected chi connectivity index (χ0v) is 10.1. The molecule has 5 nitrogen and oxygen atoms in total. The van der Waals surface area contributed by atoms with Crippen LogP contribution < -0.4 is 0 Å². The molecule has 0 spiro atoms. The van der Waals surface area contributed by atoms with Crippen LogP contribution in [-0.2, 0) is 14.3 Å². The third-order valence-corrected chi connectivity index (χ3v) is 1.86. The SMILES string of the molecule is CSCC(OC(=O)OC(C)(C)C)C(=O)O. The van der Waals surface area contributed by atoms with Crippen molar-refractivity contribution in [3.63, 3.8) is 0 Å². The summed E-state index contributed by atoms with van der Waals surface area (Å²) in [5.74, 6) is -0.968. The quantitative estimate of drug-likeness (QED) is 0.750. The summed E-state index contributed by atoms with van der Waals surface area (Å²) < 4.78 is 9.48. The second-order valence-corrected chi connectivity index (χ2v) is 4.78. The molecule has 1 unspecified atom stereocenters. The Morgan fingerprint density at radius 1 is 1.40 bits per heavy atom. The Morgan fingerprint density at radius 2 is 1.93 bits per heavy atom. The molecule has 1 atom stereocenters. The number of carboxylic acids is 1. The summed E-state index contributed by atoms with van der Waals surface area (Å²) in [5, 5.41) is 8.71. The van der Waals surface area contributed by atoms with E-state index in [4.69, 9.17) is 9.84 Å². The Bertz CT molecular complexity index is 233. The summed E-state index contributed by atoms with van der Waals surface area (Å²) in [7, 11) is 0. The van der Waals surface area contributed by atoms with Gasteiger partial charge in [0.2, 0.25) is 6.10 Å². The Labute approximate surface area is 93.1 Å². The molecule has 0 bridgehead atoms. The van der Waals surface area contributed by atoms with Gasteiger partial charge in [-0.05, 0) is 27.0 Å². The molecule has 0 radical (unpaired) electrons. The van der Waals surface area contributed by atoms with E-state index in [0.29, 0.717) is 0 Å². The first-order valence-corrected chi connectivity index (χ1v) is 5.77. The number of carboxylic acid groups (broad SMARTS) is 1. The van der Waals surface area contributed by atoms with E-state index in [1.165, 1.54) is 11.8 Å². The number of aliphatic carboxylic acids is 1. The van der Waals surface area contributed by atoms with E-state index >= 15 is 0 Å². The van der Waals surface area contributed by atoms with Crippen molar-refractivity contribution < 1.29 is 24.2 Å². The average molecular weight is 236 g/mol. The fraction of sp³-hybridized carbons (Fsp3) is 0.778. The highest BCUT2D eigenvalue weighted by Gasteiger charge is 2.25. The normalized spacial score (nSPS) is 13.1. The molecule has 1 N–H and O–H groups in total. The molecule has 0 amide bonds. The molecule has 0 heterocycles. The van der Waals surface area contributed by atoms with Crippen LogP contribution in [0.5, 0.6) is 0 Å². The number of carbonyl (C=O) groups excluding carboxylic acids is 1. The van der Waals surface area contributed by atoms with Gasteiger partial charge >= 0.3 is 12.1 Å². The fourth-order valence-corrected chi connectivity index (χ4v) is 1.21. The molecule has 0 saturated heterocycles. The number of hydrogen-bond acceptors (Lipinski definition) is 5. The highest BCUT2D eigenvalue weighted by Crippen LogP contribution is 2.10. The molecule has 15 heavy (non-hydrogen) atoms. The lowest BCUT2D eigenvalue weighted by atomic mass is 10.2. The summed E-state index contributed by atoms with van der Waals surface area (Å²) in [6.45, 7) is 5.04. The third-order valence-electron chi connectivity index (χ3n) is 1.22. The van der Waals surface area contributed by atoms with E-state index in [9.17, 15) is 9.59 Å². The first-order chi connectivity index (χ1) is 6.76. The van der Waals surface area contributed by atoms with Crippen LogP contribution in [0.15, 0.2) is 0 Å². The van der Waals surface area contributed by atoms with Crippen LogP contribution in [0.4, 0.5) is 4.79 Å². The zero-order chi connectivity index (χ0) is 12.1. The zero-order valence-electron chi connectivity index (χ0n) is 9.27. The lowest BCUT2D eigenvalue weighted by molar-refractivity contribution is -0.147. The fourth-order valence-electron chi connectivity index (χ4n) is 0.697. The molecule has 0 fully saturated rings. The maximum atomic E-state index is 11.1. The summed E-state index contributed by atoms with van der Waals surface area (Å²) in [5.41, 5.74) is -0.681. The van der Waals surface area contributed by atoms with Gasteiger partial charge in [-0.15, -0.1) is 0 Å². The Morgan fingerprint density at radius 3 is 2.27 bits per heavy atom. The molecule has 0 saturated carbocycles. The number of hydrogen-bond donors (Lipinski definition) is 1. The maximum Gasteiger partial charge on any atom is 0.509 e. The minimum atomic E-state index is -1.17. The molecule has 88 valence electrons. The van der Waals surface area contributed by atoms with Gasteiger partial charge < -0.3 is 14.6 Å². The van der Waals surface area contributed by atoms with Crippen LogP contribution in [0.2, 0.25) is 0 Å². The van der Waals surface area contributed by atoms with Crippen molar-refractivity contribution >= 4 is 23.9 Å². The molecule has 6 heteroatoms. The second kappa shape index (κ2) is 5.85. The van der Waals surface area contributed by atoms with E-state index in [1.807, 2.05) is 0 Å². The Balaban J connectivity index is 4.18. The van der Waals surface area contributed by atoms with Crippen LogP contribution in [-0.4, -0.2) is 40.9 Å². The van der Waals surface area contributed by atoms with Crippen LogP contribution in [0.1, 0.15) is 20.8 Å². The minimum absolute atomic E-state index is 0.203. The molecular weight excluding hydrogens is 220 g/mol. The van der Waals surface area contributed by atoms with Crippen LogP contribution in [0.25, 0.3) is 0 Å². The second-order valence-electron chi connectivity index (χ2n) is 3.86. The van der Waals surface area contributed by atoms with E-state index in [2.05, 4.69) is 4.74 Å². The number of carbonyl (C=O) groups is 2. The molecule has 0 aliphatic carbocycles. The van der Waals surface area contributed by atoms with Gasteiger partial charge in [0.05, 0.1) is 0 Å². The number of ether oxygens (including phenoxy) is 2. The molecule has 0 aromatic rings. The molecule has 0 aromatic carbocycles. The molecule has 0 rings (SSSR count). The van der Waals surface area contributed by atoms with E-state index in [1.54, 1.807) is 27.0 Å². The van der Waals surface area contributed by atoms with Crippen molar-refractivity contribution in [3.05, 3.63) is 0 Å². The van der Waals surface area contributed by atoms with Crippen LogP contribution >= 0.6 is 11.8 Å². The smallest absolute Gasteiger partial charge is 0.478 e. The van der Waals surface area contributed by atoms with Gasteiger partial charge in [-0.25, -0.2) is 9.59 Å². The van der Waals surface area contributed by atoms with Crippen LogP contribution in [0, 0.1) is 0 Å². The lowest BCUT2D eigenvalue weighted by Gasteiger charge is -2.20. The monoisotopic (exact) mass is 236 g/mol. The van der Waals surface area contributed by atoms with Crippen molar-refractivity contribution in [1.29, 1.82) is 0 Å². The standard InChI is InChI=1S/C9H16O5S/c1-9(2,3)14-8(12)13-6(5-15-4)7(10)11/h6H,5H2,1-4H3,(H,10,11). The van der Waals surface area contributed by atoms with E-state index in [0.717, 1.165) is 0 Å².